The Morgan fingerprint density at radius 1 is 1.26 bits per heavy atom. The van der Waals surface area contributed by atoms with Crippen molar-refractivity contribution in [3.63, 3.8) is 0 Å². The van der Waals surface area contributed by atoms with E-state index in [4.69, 9.17) is 4.42 Å². The molecule has 2 aromatic rings. The molecule has 1 aliphatic heterocycles. The summed E-state index contributed by atoms with van der Waals surface area (Å²) in [6, 6.07) is 10.3. The standard InChI is InChI=1S/C20H21N3O4/c1-2-9-21-20(26)16-7-3-4-8-17(16)22-19(25)14-11-18(24)23(12-14)13-15-6-5-10-27-15/h2-8,10,14H,1,9,11-13H2,(H,21,26)(H,22,25). The van der Waals surface area contributed by atoms with E-state index < -0.39 is 5.92 Å². The molecule has 0 radical (unpaired) electrons. The Hall–Kier alpha value is -3.35. The molecule has 1 unspecified atom stereocenters. The van der Waals surface area contributed by atoms with Crippen LogP contribution in [0, 0.1) is 5.92 Å². The lowest BCUT2D eigenvalue weighted by molar-refractivity contribution is -0.128. The number of furan rings is 1. The van der Waals surface area contributed by atoms with Crippen molar-refractivity contribution < 1.29 is 18.8 Å². The molecule has 1 aliphatic rings. The maximum absolute atomic E-state index is 12.6. The van der Waals surface area contributed by atoms with Crippen LogP contribution in [-0.2, 0) is 16.1 Å². The minimum atomic E-state index is -0.475. The summed E-state index contributed by atoms with van der Waals surface area (Å²) >= 11 is 0. The van der Waals surface area contributed by atoms with E-state index in [1.807, 2.05) is 0 Å². The zero-order valence-electron chi connectivity index (χ0n) is 14.8. The van der Waals surface area contributed by atoms with E-state index in [0.29, 0.717) is 36.6 Å². The Morgan fingerprint density at radius 3 is 2.81 bits per heavy atom. The van der Waals surface area contributed by atoms with Gasteiger partial charge in [0.15, 0.2) is 0 Å². The molecule has 1 atom stereocenters. The lowest BCUT2D eigenvalue weighted by Crippen LogP contribution is -2.29. The average molecular weight is 367 g/mol. The van der Waals surface area contributed by atoms with Crippen molar-refractivity contribution in [1.29, 1.82) is 0 Å². The first kappa shape index (κ1) is 18.4. The zero-order valence-corrected chi connectivity index (χ0v) is 14.8. The van der Waals surface area contributed by atoms with Crippen LogP contribution in [0.25, 0.3) is 0 Å². The second-order valence-corrected chi connectivity index (χ2v) is 6.29. The van der Waals surface area contributed by atoms with E-state index in [9.17, 15) is 14.4 Å². The number of anilines is 1. The Morgan fingerprint density at radius 2 is 2.07 bits per heavy atom. The first-order chi connectivity index (χ1) is 13.1. The fraction of sp³-hybridized carbons (Fsp3) is 0.250. The van der Waals surface area contributed by atoms with Gasteiger partial charge in [0.25, 0.3) is 5.91 Å². The van der Waals surface area contributed by atoms with Crippen LogP contribution in [0.5, 0.6) is 0 Å². The monoisotopic (exact) mass is 367 g/mol. The van der Waals surface area contributed by atoms with E-state index in [1.165, 1.54) is 0 Å². The van der Waals surface area contributed by atoms with Crippen molar-refractivity contribution in [3.8, 4) is 0 Å². The summed E-state index contributed by atoms with van der Waals surface area (Å²) in [7, 11) is 0. The van der Waals surface area contributed by atoms with Gasteiger partial charge in [0.1, 0.15) is 5.76 Å². The van der Waals surface area contributed by atoms with Crippen LogP contribution < -0.4 is 10.6 Å². The van der Waals surface area contributed by atoms with Crippen molar-refractivity contribution in [3.05, 3.63) is 66.6 Å². The molecule has 0 bridgehead atoms. The quantitative estimate of drug-likeness (QED) is 0.734. The van der Waals surface area contributed by atoms with Crippen LogP contribution in [0.4, 0.5) is 5.69 Å². The van der Waals surface area contributed by atoms with Gasteiger partial charge >= 0.3 is 0 Å². The number of amides is 3. The Kier molecular flexibility index (Phi) is 5.71. The fourth-order valence-corrected chi connectivity index (χ4v) is 2.98. The summed E-state index contributed by atoms with van der Waals surface area (Å²) in [4.78, 5) is 38.7. The second-order valence-electron chi connectivity index (χ2n) is 6.29. The number of rotatable bonds is 7. The molecule has 27 heavy (non-hydrogen) atoms. The van der Waals surface area contributed by atoms with Gasteiger partial charge in [-0.3, -0.25) is 14.4 Å². The van der Waals surface area contributed by atoms with Gasteiger partial charge in [0.2, 0.25) is 11.8 Å². The van der Waals surface area contributed by atoms with Gasteiger partial charge < -0.3 is 20.0 Å². The van der Waals surface area contributed by atoms with E-state index in [-0.39, 0.29) is 24.1 Å². The Bertz CT molecular complexity index is 845. The molecule has 1 aromatic heterocycles. The van der Waals surface area contributed by atoms with Crippen LogP contribution in [0.2, 0.25) is 0 Å². The molecule has 3 rings (SSSR count). The molecule has 2 N–H and O–H groups in total. The zero-order chi connectivity index (χ0) is 19.2. The number of nitrogens with one attached hydrogen (secondary N) is 2. The van der Waals surface area contributed by atoms with E-state index >= 15 is 0 Å². The number of benzene rings is 1. The molecular weight excluding hydrogens is 346 g/mol. The van der Waals surface area contributed by atoms with Crippen LogP contribution in [0.3, 0.4) is 0 Å². The van der Waals surface area contributed by atoms with Crippen molar-refractivity contribution in [1.82, 2.24) is 10.2 Å². The lowest BCUT2D eigenvalue weighted by Gasteiger charge is -2.16. The molecule has 1 fully saturated rings. The molecule has 7 heteroatoms. The van der Waals surface area contributed by atoms with Crippen LogP contribution >= 0.6 is 0 Å². The number of likely N-dealkylation sites (tertiary alicyclic amines) is 1. The van der Waals surface area contributed by atoms with Gasteiger partial charge in [0.05, 0.1) is 30.0 Å². The molecule has 0 spiro atoms. The fourth-order valence-electron chi connectivity index (χ4n) is 2.98. The molecule has 0 saturated carbocycles. The van der Waals surface area contributed by atoms with Crippen LogP contribution in [-0.4, -0.2) is 35.7 Å². The summed E-state index contributed by atoms with van der Waals surface area (Å²) in [5, 5.41) is 5.47. The van der Waals surface area contributed by atoms with Crippen molar-refractivity contribution in [2.24, 2.45) is 5.92 Å². The van der Waals surface area contributed by atoms with Gasteiger partial charge in [-0.15, -0.1) is 6.58 Å². The highest BCUT2D eigenvalue weighted by Gasteiger charge is 2.35. The topological polar surface area (TPSA) is 91.7 Å². The highest BCUT2D eigenvalue weighted by atomic mass is 16.3. The van der Waals surface area contributed by atoms with Gasteiger partial charge in [-0.05, 0) is 24.3 Å². The molecule has 2 heterocycles. The largest absolute Gasteiger partial charge is 0.467 e. The lowest BCUT2D eigenvalue weighted by atomic mass is 10.1. The van der Waals surface area contributed by atoms with E-state index in [0.717, 1.165) is 0 Å². The normalized spacial score (nSPS) is 16.2. The number of nitrogens with zero attached hydrogens (tertiary/aromatic N) is 1. The van der Waals surface area contributed by atoms with Gasteiger partial charge in [-0.1, -0.05) is 18.2 Å². The predicted octanol–water partition coefficient (Wildman–Crippen LogP) is 2.18. The number of para-hydroxylation sites is 1. The van der Waals surface area contributed by atoms with Gasteiger partial charge in [-0.25, -0.2) is 0 Å². The maximum Gasteiger partial charge on any atom is 0.253 e. The molecule has 7 nitrogen and oxygen atoms in total. The Balaban J connectivity index is 1.65. The predicted molar refractivity (Wildman–Crippen MR) is 99.8 cm³/mol. The van der Waals surface area contributed by atoms with E-state index in [2.05, 4.69) is 17.2 Å². The Labute approximate surface area is 157 Å². The summed E-state index contributed by atoms with van der Waals surface area (Å²) in [6.07, 6.45) is 3.27. The van der Waals surface area contributed by atoms with Gasteiger partial charge in [-0.2, -0.15) is 0 Å². The third-order valence-corrected chi connectivity index (χ3v) is 4.35. The molecule has 3 amide bonds. The van der Waals surface area contributed by atoms with Crippen molar-refractivity contribution in [2.75, 3.05) is 18.4 Å². The third kappa shape index (κ3) is 4.44. The summed E-state index contributed by atoms with van der Waals surface area (Å²) in [5.41, 5.74) is 0.783. The smallest absolute Gasteiger partial charge is 0.253 e. The molecule has 140 valence electrons. The summed E-state index contributed by atoms with van der Waals surface area (Å²) in [6.45, 7) is 4.55. The first-order valence-electron chi connectivity index (χ1n) is 8.67. The number of carbonyl (C=O) groups is 3. The maximum atomic E-state index is 12.6. The number of carbonyl (C=O) groups excluding carboxylic acids is 3. The molecule has 1 saturated heterocycles. The minimum absolute atomic E-state index is 0.0939. The van der Waals surface area contributed by atoms with Gasteiger partial charge in [0, 0.05) is 19.5 Å². The average Bonchev–Trinajstić information content (AvgIpc) is 3.30. The van der Waals surface area contributed by atoms with Crippen LogP contribution in [0.1, 0.15) is 22.5 Å². The highest BCUT2D eigenvalue weighted by Crippen LogP contribution is 2.23. The highest BCUT2D eigenvalue weighted by molar-refractivity contribution is 6.05. The molecule has 0 aliphatic carbocycles. The minimum Gasteiger partial charge on any atom is -0.467 e. The van der Waals surface area contributed by atoms with Crippen molar-refractivity contribution >= 4 is 23.4 Å². The number of hydrogen-bond acceptors (Lipinski definition) is 4. The number of hydrogen-bond donors (Lipinski definition) is 2. The summed E-state index contributed by atoms with van der Waals surface area (Å²) in [5.74, 6) is -0.476. The summed E-state index contributed by atoms with van der Waals surface area (Å²) < 4.78 is 5.26. The molecule has 1 aromatic carbocycles. The second kappa shape index (κ2) is 8.35. The van der Waals surface area contributed by atoms with E-state index in [1.54, 1.807) is 53.6 Å². The SMILES string of the molecule is C=CCNC(=O)c1ccccc1NC(=O)C1CC(=O)N(Cc2ccco2)C1. The third-order valence-electron chi connectivity index (χ3n) is 4.35. The first-order valence-corrected chi connectivity index (χ1v) is 8.67. The van der Waals surface area contributed by atoms with Crippen molar-refractivity contribution in [2.45, 2.75) is 13.0 Å². The van der Waals surface area contributed by atoms with Crippen LogP contribution in [0.15, 0.2) is 59.7 Å². The molecular formula is C20H21N3O4.